The first kappa shape index (κ1) is 30.6. The highest BCUT2D eigenvalue weighted by Gasteiger charge is 2.25. The summed E-state index contributed by atoms with van der Waals surface area (Å²) in [5.41, 5.74) is 15.4. The molecule has 3 aromatic heterocycles. The standard InChI is InChI=1S/C44H30N4.Mg/c1-5-13-30(14-6-1)41-39-26-25-36(47-39)28-35-22-21-33(45-35)27-34-23-24-37(46-34)29-40-42(31-15-7-2-8-16-31)43(32-17-9-3-10-18-32)44(41)48(40)38-19-11-4-12-20-38;/h1-29,45H;. The minimum atomic E-state index is 0. The van der Waals surface area contributed by atoms with Gasteiger partial charge in [-0.15, -0.1) is 0 Å². The summed E-state index contributed by atoms with van der Waals surface area (Å²) in [4.78, 5) is 13.9. The predicted molar refractivity (Wildman–Crippen MR) is 206 cm³/mol. The number of hydrogen-bond donors (Lipinski definition) is 1. The first-order valence-corrected chi connectivity index (χ1v) is 16.2. The number of aromatic amines is 1. The molecule has 1 N–H and O–H groups in total. The summed E-state index contributed by atoms with van der Waals surface area (Å²) in [7, 11) is 0. The number of benzene rings is 4. The van der Waals surface area contributed by atoms with Gasteiger partial charge in [0.15, 0.2) is 0 Å². The Balaban J connectivity index is 0.00000348. The van der Waals surface area contributed by atoms with Crippen LogP contribution < -0.4 is 0 Å². The molecule has 2 aliphatic rings. The average Bonchev–Trinajstić information content (AvgIpc) is 3.95. The van der Waals surface area contributed by atoms with E-state index < -0.39 is 0 Å². The third kappa shape index (κ3) is 5.73. The third-order valence-electron chi connectivity index (χ3n) is 8.87. The quantitative estimate of drug-likeness (QED) is 0.195. The van der Waals surface area contributed by atoms with E-state index in [9.17, 15) is 0 Å². The number of nitrogens with zero attached hydrogens (tertiary/aromatic N) is 3. The van der Waals surface area contributed by atoms with Gasteiger partial charge >= 0.3 is 0 Å². The second-order valence-corrected chi connectivity index (χ2v) is 12.0. The summed E-state index contributed by atoms with van der Waals surface area (Å²) in [6.45, 7) is 0. The molecule has 0 aliphatic carbocycles. The molecule has 2 radical (unpaired) electrons. The molecule has 5 heterocycles. The summed E-state index contributed by atoms with van der Waals surface area (Å²) in [5, 5.41) is 0. The van der Waals surface area contributed by atoms with E-state index in [1.165, 1.54) is 0 Å². The fourth-order valence-electron chi connectivity index (χ4n) is 6.81. The average molecular weight is 639 g/mol. The van der Waals surface area contributed by atoms with E-state index in [0.717, 1.165) is 83.9 Å². The number of fused-ring (bicyclic) bond motifs is 8. The Morgan fingerprint density at radius 3 is 1.49 bits per heavy atom. The number of rotatable bonds is 4. The van der Waals surface area contributed by atoms with Gasteiger partial charge in [0.2, 0.25) is 0 Å². The molecule has 0 saturated carbocycles. The van der Waals surface area contributed by atoms with Gasteiger partial charge in [0.25, 0.3) is 0 Å². The molecule has 4 aromatic carbocycles. The molecule has 2 aliphatic heterocycles. The first-order chi connectivity index (χ1) is 23.8. The molecule has 0 amide bonds. The molecule has 8 bridgehead atoms. The number of para-hydroxylation sites is 1. The van der Waals surface area contributed by atoms with Gasteiger partial charge in [0, 0.05) is 56.5 Å². The van der Waals surface area contributed by atoms with Gasteiger partial charge in [0.1, 0.15) is 0 Å². The highest BCUT2D eigenvalue weighted by molar-refractivity contribution is 6.10. The largest absolute Gasteiger partial charge is 0.355 e. The maximum atomic E-state index is 5.29. The SMILES string of the molecule is C1=Cc2cc3c(-c4ccccc4)c(-c4ccccc4)c(c(-c4ccccc4)c4nc(cc5ccc(cc1n2)[nH]5)C=C4)n3-c1ccccc1.[Mg]. The van der Waals surface area contributed by atoms with E-state index in [-0.39, 0.29) is 23.1 Å². The monoisotopic (exact) mass is 638 g/mol. The van der Waals surface area contributed by atoms with Crippen molar-refractivity contribution in [2.45, 2.75) is 0 Å². The van der Waals surface area contributed by atoms with Crippen molar-refractivity contribution >= 4 is 69.4 Å². The Kier molecular flexibility index (Phi) is 8.13. The molecule has 0 spiro atoms. The Morgan fingerprint density at radius 1 is 0.429 bits per heavy atom. The van der Waals surface area contributed by atoms with Crippen LogP contribution in [0.15, 0.2) is 152 Å². The van der Waals surface area contributed by atoms with Gasteiger partial charge in [-0.05, 0) is 83.5 Å². The molecule has 9 rings (SSSR count). The summed E-state index contributed by atoms with van der Waals surface area (Å²) in [6, 6.07) is 53.3. The van der Waals surface area contributed by atoms with Crippen molar-refractivity contribution in [3.63, 3.8) is 0 Å². The summed E-state index contributed by atoms with van der Waals surface area (Å²) >= 11 is 0. The van der Waals surface area contributed by atoms with Crippen LogP contribution in [0.1, 0.15) is 22.8 Å². The zero-order valence-corrected chi connectivity index (χ0v) is 28.2. The second-order valence-electron chi connectivity index (χ2n) is 12.0. The second kappa shape index (κ2) is 13.0. The van der Waals surface area contributed by atoms with Crippen LogP contribution in [0, 0.1) is 0 Å². The molecule has 0 fully saturated rings. The fraction of sp³-hybridized carbons (Fsp3) is 0. The van der Waals surface area contributed by atoms with Gasteiger partial charge in [-0.1, -0.05) is 109 Å². The summed E-state index contributed by atoms with van der Waals surface area (Å²) in [5.74, 6) is 0. The van der Waals surface area contributed by atoms with Crippen LogP contribution >= 0.6 is 0 Å². The number of aromatic nitrogens is 4. The fourth-order valence-corrected chi connectivity index (χ4v) is 6.81. The lowest BCUT2D eigenvalue weighted by Crippen LogP contribution is -1.97. The van der Waals surface area contributed by atoms with E-state index in [1.54, 1.807) is 0 Å². The van der Waals surface area contributed by atoms with Gasteiger partial charge in [-0.3, -0.25) is 0 Å². The van der Waals surface area contributed by atoms with E-state index in [4.69, 9.17) is 9.97 Å². The minimum absolute atomic E-state index is 0. The van der Waals surface area contributed by atoms with E-state index in [1.807, 2.05) is 0 Å². The smallest absolute Gasteiger partial charge is 0.0737 e. The van der Waals surface area contributed by atoms with Crippen molar-refractivity contribution in [3.8, 4) is 39.1 Å². The molecule has 4 nitrogen and oxygen atoms in total. The molecule has 0 saturated heterocycles. The molecule has 0 unspecified atom stereocenters. The molecule has 228 valence electrons. The van der Waals surface area contributed by atoms with Gasteiger partial charge < -0.3 is 9.55 Å². The van der Waals surface area contributed by atoms with Crippen molar-refractivity contribution in [2.24, 2.45) is 0 Å². The molecule has 7 aromatic rings. The van der Waals surface area contributed by atoms with Crippen LogP contribution in [-0.4, -0.2) is 42.6 Å². The summed E-state index contributed by atoms with van der Waals surface area (Å²) < 4.78 is 2.41. The molecule has 5 heteroatoms. The topological polar surface area (TPSA) is 46.5 Å². The van der Waals surface area contributed by atoms with E-state index in [2.05, 4.69) is 186 Å². The Hall–Kier alpha value is -5.75. The van der Waals surface area contributed by atoms with Crippen molar-refractivity contribution < 1.29 is 0 Å². The van der Waals surface area contributed by atoms with Gasteiger partial charge in [-0.2, -0.15) is 0 Å². The highest BCUT2D eigenvalue weighted by Crippen LogP contribution is 2.47. The third-order valence-corrected chi connectivity index (χ3v) is 8.87. The van der Waals surface area contributed by atoms with E-state index in [0.29, 0.717) is 0 Å². The number of nitrogens with one attached hydrogen (secondary N) is 1. The summed E-state index contributed by atoms with van der Waals surface area (Å²) in [6.07, 6.45) is 8.44. The van der Waals surface area contributed by atoms with Gasteiger partial charge in [0.05, 0.1) is 33.8 Å². The normalized spacial score (nSPS) is 11.8. The lowest BCUT2D eigenvalue weighted by molar-refractivity contribution is 1.17. The number of hydrogen-bond acceptors (Lipinski definition) is 2. The van der Waals surface area contributed by atoms with Crippen LogP contribution in [0.2, 0.25) is 0 Å². The van der Waals surface area contributed by atoms with E-state index >= 15 is 0 Å². The molecular weight excluding hydrogens is 609 g/mol. The zero-order valence-electron chi connectivity index (χ0n) is 26.8. The van der Waals surface area contributed by atoms with Gasteiger partial charge in [-0.25, -0.2) is 9.97 Å². The van der Waals surface area contributed by atoms with Crippen molar-refractivity contribution in [1.82, 2.24) is 19.5 Å². The predicted octanol–water partition coefficient (Wildman–Crippen LogP) is 10.7. The minimum Gasteiger partial charge on any atom is -0.355 e. The highest BCUT2D eigenvalue weighted by atomic mass is 24.3. The maximum Gasteiger partial charge on any atom is 0.0737 e. The zero-order chi connectivity index (χ0) is 31.9. The lowest BCUT2D eigenvalue weighted by Gasteiger charge is -2.13. The van der Waals surface area contributed by atoms with Crippen LogP contribution in [0.25, 0.3) is 85.4 Å². The Bertz CT molecular complexity index is 2530. The molecule has 0 atom stereocenters. The molecule has 49 heavy (non-hydrogen) atoms. The van der Waals surface area contributed by atoms with Crippen LogP contribution in [0.3, 0.4) is 0 Å². The van der Waals surface area contributed by atoms with Crippen LogP contribution in [0.5, 0.6) is 0 Å². The lowest BCUT2D eigenvalue weighted by atomic mass is 9.93. The van der Waals surface area contributed by atoms with Crippen molar-refractivity contribution in [3.05, 3.63) is 174 Å². The van der Waals surface area contributed by atoms with Crippen molar-refractivity contribution in [2.75, 3.05) is 0 Å². The maximum absolute atomic E-state index is 5.29. The number of H-pyrrole nitrogens is 1. The Labute approximate surface area is 301 Å². The van der Waals surface area contributed by atoms with Crippen molar-refractivity contribution in [1.29, 1.82) is 0 Å². The van der Waals surface area contributed by atoms with Crippen LogP contribution in [0.4, 0.5) is 0 Å². The Morgan fingerprint density at radius 2 is 0.898 bits per heavy atom. The van der Waals surface area contributed by atoms with Crippen LogP contribution in [-0.2, 0) is 0 Å². The molecular formula is C44H30MgN4. The first-order valence-electron chi connectivity index (χ1n) is 16.2.